The van der Waals surface area contributed by atoms with Gasteiger partial charge in [-0.1, -0.05) is 36.0 Å². The van der Waals surface area contributed by atoms with Crippen molar-refractivity contribution in [2.45, 2.75) is 19.0 Å². The summed E-state index contributed by atoms with van der Waals surface area (Å²) in [6.45, 7) is 3.67. The van der Waals surface area contributed by atoms with Crippen LogP contribution in [0.4, 0.5) is 15.9 Å². The molecule has 0 bridgehead atoms. The number of aromatic nitrogens is 2. The molecule has 4 rings (SSSR count). The van der Waals surface area contributed by atoms with E-state index in [1.807, 2.05) is 13.0 Å². The molecule has 7 nitrogen and oxygen atoms in total. The number of nitrogens with one attached hydrogen (secondary N) is 2. The van der Waals surface area contributed by atoms with Crippen LogP contribution < -0.4 is 10.6 Å². The highest BCUT2D eigenvalue weighted by Gasteiger charge is 2.19. The van der Waals surface area contributed by atoms with E-state index in [9.17, 15) is 14.0 Å². The van der Waals surface area contributed by atoms with E-state index in [0.29, 0.717) is 33.9 Å². The number of thioether (sulfide) groups is 1. The third kappa shape index (κ3) is 4.78. The lowest BCUT2D eigenvalue weighted by Gasteiger charge is -2.08. The van der Waals surface area contributed by atoms with Gasteiger partial charge in [-0.05, 0) is 44.2 Å². The standard InChI is InChI=1S/C23H19FN4O3S/c1-13-14(2)31-22-19(13)20(26-21(30)15-7-4-3-5-8-15)27-23(28-22)32-12-18(29)25-17-10-6-9-16(24)11-17/h3-11H,12H2,1-2H3,(H,25,29)(H,26,27,28,30). The van der Waals surface area contributed by atoms with Gasteiger partial charge in [-0.3, -0.25) is 9.59 Å². The predicted octanol–water partition coefficient (Wildman–Crippen LogP) is 4.96. The lowest BCUT2D eigenvalue weighted by molar-refractivity contribution is -0.113. The second-order valence-electron chi connectivity index (χ2n) is 6.99. The fourth-order valence-electron chi connectivity index (χ4n) is 3.05. The molecule has 32 heavy (non-hydrogen) atoms. The van der Waals surface area contributed by atoms with Crippen LogP contribution >= 0.6 is 11.8 Å². The number of furan rings is 1. The largest absolute Gasteiger partial charge is 0.443 e. The summed E-state index contributed by atoms with van der Waals surface area (Å²) in [6.07, 6.45) is 0. The summed E-state index contributed by atoms with van der Waals surface area (Å²) in [6, 6.07) is 14.4. The number of nitrogens with zero attached hydrogens (tertiary/aromatic N) is 2. The van der Waals surface area contributed by atoms with Crippen LogP contribution in [0.1, 0.15) is 21.7 Å². The molecule has 0 saturated carbocycles. The van der Waals surface area contributed by atoms with Crippen molar-refractivity contribution in [1.82, 2.24) is 9.97 Å². The van der Waals surface area contributed by atoms with Gasteiger partial charge < -0.3 is 15.1 Å². The minimum Gasteiger partial charge on any atom is -0.443 e. The number of fused-ring (bicyclic) bond motifs is 1. The first-order valence-corrected chi connectivity index (χ1v) is 10.7. The Balaban J connectivity index is 1.55. The number of halogens is 1. The number of hydrogen-bond donors (Lipinski definition) is 2. The minimum atomic E-state index is -0.438. The van der Waals surface area contributed by atoms with Gasteiger partial charge >= 0.3 is 0 Å². The van der Waals surface area contributed by atoms with Gasteiger partial charge in [-0.25, -0.2) is 9.37 Å². The molecule has 4 aromatic rings. The minimum absolute atomic E-state index is 0.00718. The van der Waals surface area contributed by atoms with Crippen molar-refractivity contribution in [3.63, 3.8) is 0 Å². The molecule has 2 N–H and O–H groups in total. The zero-order chi connectivity index (χ0) is 22.7. The van der Waals surface area contributed by atoms with Crippen molar-refractivity contribution in [3.8, 4) is 0 Å². The summed E-state index contributed by atoms with van der Waals surface area (Å²) in [7, 11) is 0. The summed E-state index contributed by atoms with van der Waals surface area (Å²) >= 11 is 1.08. The van der Waals surface area contributed by atoms with Gasteiger partial charge in [0.1, 0.15) is 17.4 Å². The molecule has 0 fully saturated rings. The molecule has 0 spiro atoms. The number of benzene rings is 2. The highest BCUT2D eigenvalue weighted by atomic mass is 32.2. The van der Waals surface area contributed by atoms with Crippen LogP contribution in [0.3, 0.4) is 0 Å². The molecular weight excluding hydrogens is 431 g/mol. The lowest BCUT2D eigenvalue weighted by atomic mass is 10.2. The molecule has 0 atom stereocenters. The number of aryl methyl sites for hydroxylation is 2. The topological polar surface area (TPSA) is 97.1 Å². The summed E-state index contributed by atoms with van der Waals surface area (Å²) in [5.74, 6) is -0.129. The Hall–Kier alpha value is -3.72. The fraction of sp³-hybridized carbons (Fsp3) is 0.130. The monoisotopic (exact) mass is 450 g/mol. The zero-order valence-electron chi connectivity index (χ0n) is 17.3. The predicted molar refractivity (Wildman–Crippen MR) is 121 cm³/mol. The summed E-state index contributed by atoms with van der Waals surface area (Å²) in [5, 5.41) is 6.33. The first-order chi connectivity index (χ1) is 15.4. The molecule has 2 aromatic carbocycles. The van der Waals surface area contributed by atoms with Crippen molar-refractivity contribution in [2.75, 3.05) is 16.4 Å². The smallest absolute Gasteiger partial charge is 0.256 e. The normalized spacial score (nSPS) is 10.8. The number of hydrogen-bond acceptors (Lipinski definition) is 6. The van der Waals surface area contributed by atoms with E-state index < -0.39 is 5.82 Å². The van der Waals surface area contributed by atoms with Gasteiger partial charge in [0.25, 0.3) is 5.91 Å². The molecule has 0 aliphatic heterocycles. The summed E-state index contributed by atoms with van der Waals surface area (Å²) in [5.41, 5.74) is 2.00. The SMILES string of the molecule is Cc1oc2nc(SCC(=O)Nc3cccc(F)c3)nc(NC(=O)c3ccccc3)c2c1C. The molecule has 0 unspecified atom stereocenters. The van der Waals surface area contributed by atoms with E-state index in [-0.39, 0.29) is 22.7 Å². The van der Waals surface area contributed by atoms with E-state index in [4.69, 9.17) is 4.42 Å². The van der Waals surface area contributed by atoms with Gasteiger partial charge in [-0.15, -0.1) is 0 Å². The molecule has 0 aliphatic carbocycles. The van der Waals surface area contributed by atoms with E-state index in [1.54, 1.807) is 37.3 Å². The van der Waals surface area contributed by atoms with Gasteiger partial charge in [0.15, 0.2) is 5.16 Å². The molecule has 0 aliphatic rings. The zero-order valence-corrected chi connectivity index (χ0v) is 18.1. The average Bonchev–Trinajstić information content (AvgIpc) is 3.06. The quantitative estimate of drug-likeness (QED) is 0.318. The first kappa shape index (κ1) is 21.5. The molecule has 0 radical (unpaired) electrons. The van der Waals surface area contributed by atoms with Crippen LogP contribution in [0.25, 0.3) is 11.1 Å². The van der Waals surface area contributed by atoms with Crippen molar-refractivity contribution in [3.05, 3.63) is 77.3 Å². The Morgan fingerprint density at radius 2 is 1.81 bits per heavy atom. The van der Waals surface area contributed by atoms with E-state index >= 15 is 0 Å². The Morgan fingerprint density at radius 3 is 2.56 bits per heavy atom. The van der Waals surface area contributed by atoms with Gasteiger partial charge in [-0.2, -0.15) is 4.98 Å². The molecular formula is C23H19FN4O3S. The van der Waals surface area contributed by atoms with Gasteiger partial charge in [0.2, 0.25) is 11.6 Å². The molecule has 2 heterocycles. The Kier molecular flexibility index (Phi) is 6.18. The lowest BCUT2D eigenvalue weighted by Crippen LogP contribution is -2.15. The molecule has 162 valence electrons. The van der Waals surface area contributed by atoms with Gasteiger partial charge in [0.05, 0.1) is 11.1 Å². The summed E-state index contributed by atoms with van der Waals surface area (Å²) < 4.78 is 19.0. The van der Waals surface area contributed by atoms with Crippen molar-refractivity contribution >= 4 is 46.2 Å². The number of rotatable bonds is 6. The number of anilines is 2. The van der Waals surface area contributed by atoms with Crippen LogP contribution in [-0.4, -0.2) is 27.5 Å². The number of carbonyl (C=O) groups excluding carboxylic acids is 2. The molecule has 9 heteroatoms. The van der Waals surface area contributed by atoms with Gasteiger partial charge in [0, 0.05) is 16.8 Å². The maximum atomic E-state index is 13.3. The number of amides is 2. The van der Waals surface area contributed by atoms with Crippen LogP contribution in [-0.2, 0) is 4.79 Å². The van der Waals surface area contributed by atoms with Crippen LogP contribution in [0.15, 0.2) is 64.2 Å². The fourth-order valence-corrected chi connectivity index (χ4v) is 3.68. The second kappa shape index (κ2) is 9.19. The summed E-state index contributed by atoms with van der Waals surface area (Å²) in [4.78, 5) is 33.8. The Labute approximate surface area is 187 Å². The van der Waals surface area contributed by atoms with Crippen LogP contribution in [0.2, 0.25) is 0 Å². The van der Waals surface area contributed by atoms with Crippen molar-refractivity contribution < 1.29 is 18.4 Å². The molecule has 0 saturated heterocycles. The van der Waals surface area contributed by atoms with E-state index in [2.05, 4.69) is 20.6 Å². The van der Waals surface area contributed by atoms with Crippen LogP contribution in [0, 0.1) is 19.7 Å². The maximum Gasteiger partial charge on any atom is 0.256 e. The second-order valence-corrected chi connectivity index (χ2v) is 7.93. The van der Waals surface area contributed by atoms with E-state index in [1.165, 1.54) is 18.2 Å². The first-order valence-electron chi connectivity index (χ1n) is 9.73. The Morgan fingerprint density at radius 1 is 1.03 bits per heavy atom. The Bertz CT molecular complexity index is 1310. The van der Waals surface area contributed by atoms with Crippen molar-refractivity contribution in [2.24, 2.45) is 0 Å². The third-order valence-electron chi connectivity index (χ3n) is 4.72. The molecule has 2 amide bonds. The van der Waals surface area contributed by atoms with Crippen molar-refractivity contribution in [1.29, 1.82) is 0 Å². The number of carbonyl (C=O) groups is 2. The third-order valence-corrected chi connectivity index (χ3v) is 5.56. The highest BCUT2D eigenvalue weighted by Crippen LogP contribution is 2.31. The maximum absolute atomic E-state index is 13.3. The average molecular weight is 450 g/mol. The molecule has 2 aromatic heterocycles. The van der Waals surface area contributed by atoms with Crippen LogP contribution in [0.5, 0.6) is 0 Å². The van der Waals surface area contributed by atoms with E-state index in [0.717, 1.165) is 17.3 Å². The highest BCUT2D eigenvalue weighted by molar-refractivity contribution is 7.99.